The Bertz CT molecular complexity index is 962. The van der Waals surface area contributed by atoms with Crippen LogP contribution in [-0.4, -0.2) is 50.6 Å². The molecule has 0 aliphatic carbocycles. The number of aromatic nitrogens is 5. The van der Waals surface area contributed by atoms with Crippen LogP contribution in [0.25, 0.3) is 11.5 Å². The smallest absolute Gasteiger partial charge is 0.216 e. The maximum atomic E-state index is 9.96. The minimum atomic E-state index is -0.0743. The van der Waals surface area contributed by atoms with Crippen LogP contribution in [0.5, 0.6) is 17.2 Å². The molecule has 0 aliphatic rings. The maximum absolute atomic E-state index is 9.96. The number of methoxy groups -OCH3 is 2. The lowest BCUT2D eigenvalue weighted by molar-refractivity contribution is 0.340. The summed E-state index contributed by atoms with van der Waals surface area (Å²) in [5.41, 5.74) is 2.16. The molecule has 0 atom stereocenters. The molecule has 0 radical (unpaired) electrons. The van der Waals surface area contributed by atoms with E-state index >= 15 is 0 Å². The Morgan fingerprint density at radius 3 is 2.40 bits per heavy atom. The average Bonchev–Trinajstić information content (AvgIpc) is 3.19. The predicted molar refractivity (Wildman–Crippen MR) is 93.9 cm³/mol. The minimum absolute atomic E-state index is 0.0743. The zero-order valence-corrected chi connectivity index (χ0v) is 14.6. The Labute approximate surface area is 147 Å². The fraction of sp³-hybridized carbons (Fsp3) is 0.200. The lowest BCUT2D eigenvalue weighted by Gasteiger charge is -2.09. The van der Waals surface area contributed by atoms with Crippen molar-refractivity contribution in [2.75, 3.05) is 14.2 Å². The Morgan fingerprint density at radius 1 is 1.16 bits per heavy atom. The molecule has 0 saturated heterocycles. The predicted octanol–water partition coefficient (Wildman–Crippen LogP) is 2.24. The number of aromatic hydroxyl groups is 1. The summed E-state index contributed by atoms with van der Waals surface area (Å²) < 4.78 is 12.0. The van der Waals surface area contributed by atoms with Crippen LogP contribution in [0.15, 0.2) is 23.3 Å². The average molecular weight is 360 g/mol. The highest BCUT2D eigenvalue weighted by Crippen LogP contribution is 2.36. The summed E-state index contributed by atoms with van der Waals surface area (Å²) in [4.78, 5) is 0. The van der Waals surface area contributed by atoms with Gasteiger partial charge in [0.2, 0.25) is 16.3 Å². The van der Waals surface area contributed by atoms with Crippen LogP contribution in [-0.2, 0) is 0 Å². The zero-order chi connectivity index (χ0) is 18.0. The monoisotopic (exact) mass is 360 g/mol. The van der Waals surface area contributed by atoms with Gasteiger partial charge in [-0.15, -0.1) is 0 Å². The van der Waals surface area contributed by atoms with Crippen molar-refractivity contribution in [3.8, 4) is 28.8 Å². The Hall–Kier alpha value is -3.14. The van der Waals surface area contributed by atoms with E-state index < -0.39 is 0 Å². The van der Waals surface area contributed by atoms with Gasteiger partial charge in [-0.05, 0) is 37.3 Å². The number of aryl methyl sites for hydroxylation is 1. The van der Waals surface area contributed by atoms with Crippen molar-refractivity contribution < 1.29 is 14.6 Å². The standard InChI is InChI=1S/C15H16N6O3S/c1-8-4-10(18-17-8)14-19-20-15(25)21(14)16-7-9-5-11(23-2)13(22)12(6-9)24-3/h4-7,22H,1-3H3,(H,17,18)(H,20,25)/b16-7-. The molecule has 1 aromatic carbocycles. The molecule has 0 saturated carbocycles. The lowest BCUT2D eigenvalue weighted by Crippen LogP contribution is -1.96. The Kier molecular flexibility index (Phi) is 4.52. The van der Waals surface area contributed by atoms with Crippen LogP contribution >= 0.6 is 12.2 Å². The molecule has 0 spiro atoms. The molecular formula is C15H16N6O3S. The van der Waals surface area contributed by atoms with Crippen LogP contribution in [0, 0.1) is 11.7 Å². The molecule has 0 bridgehead atoms. The zero-order valence-electron chi connectivity index (χ0n) is 13.8. The van der Waals surface area contributed by atoms with Crippen LogP contribution in [0.4, 0.5) is 0 Å². The van der Waals surface area contributed by atoms with Crippen molar-refractivity contribution in [3.63, 3.8) is 0 Å². The third-order valence-corrected chi connectivity index (χ3v) is 3.67. The summed E-state index contributed by atoms with van der Waals surface area (Å²) in [6, 6.07) is 5.09. The van der Waals surface area contributed by atoms with Crippen LogP contribution in [0.2, 0.25) is 0 Å². The van der Waals surface area contributed by atoms with Gasteiger partial charge in [0.25, 0.3) is 0 Å². The summed E-state index contributed by atoms with van der Waals surface area (Å²) in [7, 11) is 2.92. The van der Waals surface area contributed by atoms with E-state index in [0.717, 1.165) is 5.69 Å². The molecule has 2 aromatic heterocycles. The van der Waals surface area contributed by atoms with E-state index in [2.05, 4.69) is 25.5 Å². The number of phenolic OH excluding ortho intramolecular Hbond substituents is 1. The summed E-state index contributed by atoms with van der Waals surface area (Å²) >= 11 is 5.22. The van der Waals surface area contributed by atoms with Gasteiger partial charge in [0.15, 0.2) is 11.5 Å². The summed E-state index contributed by atoms with van der Waals surface area (Å²) in [5.74, 6) is 0.956. The molecule has 0 unspecified atom stereocenters. The SMILES string of the molecule is COc1cc(/C=N\n2c(-c3cc(C)[nH]n3)n[nH]c2=S)cc(OC)c1O. The fourth-order valence-electron chi connectivity index (χ4n) is 2.21. The molecule has 0 fully saturated rings. The van der Waals surface area contributed by atoms with Crippen molar-refractivity contribution in [1.82, 2.24) is 25.1 Å². The number of ether oxygens (including phenoxy) is 2. The number of aromatic amines is 2. The molecular weight excluding hydrogens is 344 g/mol. The van der Waals surface area contributed by atoms with Crippen LogP contribution in [0.1, 0.15) is 11.3 Å². The Balaban J connectivity index is 2.01. The second-order valence-corrected chi connectivity index (χ2v) is 5.51. The Morgan fingerprint density at radius 2 is 1.84 bits per heavy atom. The molecule has 3 aromatic rings. The minimum Gasteiger partial charge on any atom is -0.502 e. The van der Waals surface area contributed by atoms with Gasteiger partial charge in [0.1, 0.15) is 5.69 Å². The molecule has 130 valence electrons. The van der Waals surface area contributed by atoms with Crippen molar-refractivity contribution in [3.05, 3.63) is 34.2 Å². The van der Waals surface area contributed by atoms with Crippen LogP contribution < -0.4 is 9.47 Å². The van der Waals surface area contributed by atoms with Crippen molar-refractivity contribution in [1.29, 1.82) is 0 Å². The van der Waals surface area contributed by atoms with Gasteiger partial charge in [-0.2, -0.15) is 20.0 Å². The number of H-pyrrole nitrogens is 2. The third kappa shape index (κ3) is 3.24. The quantitative estimate of drug-likeness (QED) is 0.475. The number of phenols is 1. The second kappa shape index (κ2) is 6.77. The number of rotatable bonds is 5. The van der Waals surface area contributed by atoms with E-state index in [1.165, 1.54) is 18.9 Å². The number of hydrogen-bond donors (Lipinski definition) is 3. The largest absolute Gasteiger partial charge is 0.502 e. The highest BCUT2D eigenvalue weighted by Gasteiger charge is 2.12. The molecule has 10 heteroatoms. The van der Waals surface area contributed by atoms with E-state index in [1.807, 2.05) is 13.0 Å². The van der Waals surface area contributed by atoms with E-state index in [4.69, 9.17) is 21.7 Å². The van der Waals surface area contributed by atoms with Gasteiger partial charge in [-0.25, -0.2) is 5.10 Å². The first-order valence-electron chi connectivity index (χ1n) is 7.22. The highest BCUT2D eigenvalue weighted by molar-refractivity contribution is 7.71. The normalized spacial score (nSPS) is 11.2. The molecule has 0 aliphatic heterocycles. The topological polar surface area (TPSA) is 113 Å². The summed E-state index contributed by atoms with van der Waals surface area (Å²) in [6.45, 7) is 1.89. The van der Waals surface area contributed by atoms with Gasteiger partial charge in [-0.1, -0.05) is 0 Å². The highest BCUT2D eigenvalue weighted by atomic mass is 32.1. The molecule has 9 nitrogen and oxygen atoms in total. The summed E-state index contributed by atoms with van der Waals surface area (Å²) in [5, 5.41) is 28.2. The number of nitrogens with zero attached hydrogens (tertiary/aromatic N) is 4. The van der Waals surface area contributed by atoms with Gasteiger partial charge in [0, 0.05) is 11.3 Å². The first-order valence-corrected chi connectivity index (χ1v) is 7.63. The molecule has 25 heavy (non-hydrogen) atoms. The van der Waals surface area contributed by atoms with Gasteiger partial charge >= 0.3 is 0 Å². The molecule has 2 heterocycles. The molecule has 3 N–H and O–H groups in total. The van der Waals surface area contributed by atoms with Crippen LogP contribution in [0.3, 0.4) is 0 Å². The number of benzene rings is 1. The van der Waals surface area contributed by atoms with Crippen molar-refractivity contribution in [2.45, 2.75) is 6.92 Å². The van der Waals surface area contributed by atoms with E-state index in [1.54, 1.807) is 18.3 Å². The number of nitrogens with one attached hydrogen (secondary N) is 2. The van der Waals surface area contributed by atoms with Gasteiger partial charge < -0.3 is 14.6 Å². The van der Waals surface area contributed by atoms with E-state index in [0.29, 0.717) is 21.9 Å². The van der Waals surface area contributed by atoms with E-state index in [-0.39, 0.29) is 17.2 Å². The van der Waals surface area contributed by atoms with E-state index in [9.17, 15) is 5.11 Å². The van der Waals surface area contributed by atoms with Gasteiger partial charge in [0.05, 0.1) is 20.4 Å². The molecule has 3 rings (SSSR count). The van der Waals surface area contributed by atoms with Crippen molar-refractivity contribution in [2.24, 2.45) is 5.10 Å². The maximum Gasteiger partial charge on any atom is 0.216 e. The summed E-state index contributed by atoms with van der Waals surface area (Å²) in [6.07, 6.45) is 1.55. The fourth-order valence-corrected chi connectivity index (χ4v) is 2.39. The first-order chi connectivity index (χ1) is 12.0. The first kappa shape index (κ1) is 16.7. The van der Waals surface area contributed by atoms with Crippen molar-refractivity contribution >= 4 is 18.4 Å². The second-order valence-electron chi connectivity index (χ2n) is 5.12. The molecule has 0 amide bonds. The van der Waals surface area contributed by atoms with Gasteiger partial charge in [-0.3, -0.25) is 5.10 Å². The lowest BCUT2D eigenvalue weighted by atomic mass is 10.2. The third-order valence-electron chi connectivity index (χ3n) is 3.41. The number of hydrogen-bond acceptors (Lipinski definition) is 7.